The average Bonchev–Trinajstić information content (AvgIpc) is 2.02. The molecule has 0 bridgehead atoms. The summed E-state index contributed by atoms with van der Waals surface area (Å²) in [5, 5.41) is 5.11. The van der Waals surface area contributed by atoms with E-state index in [4.69, 9.17) is 5.14 Å². The molecule has 0 heterocycles. The molecule has 0 aliphatic carbocycles. The van der Waals surface area contributed by atoms with Gasteiger partial charge in [0.2, 0.25) is 0 Å². The number of rotatable bonds is 3. The summed E-state index contributed by atoms with van der Waals surface area (Å²) >= 11 is 0. The van der Waals surface area contributed by atoms with Crippen molar-refractivity contribution >= 4 is 15.9 Å². The molecule has 1 aromatic carbocycles. The highest BCUT2D eigenvalue weighted by Gasteiger charge is 2.20. The zero-order valence-corrected chi connectivity index (χ0v) is 9.03. The van der Waals surface area contributed by atoms with Crippen molar-refractivity contribution in [3.05, 3.63) is 30.3 Å². The Hall–Kier alpha value is -1.07. The zero-order valence-electron chi connectivity index (χ0n) is 8.21. The van der Waals surface area contributed by atoms with Gasteiger partial charge in [-0.15, -0.1) is 0 Å². The first-order chi connectivity index (χ1) is 6.43. The molecule has 1 aromatic rings. The minimum atomic E-state index is -3.68. The molecule has 0 aromatic heterocycles. The lowest BCUT2D eigenvalue weighted by Gasteiger charge is -2.25. The van der Waals surface area contributed by atoms with Gasteiger partial charge < -0.3 is 0 Å². The summed E-state index contributed by atoms with van der Waals surface area (Å²) in [6.45, 7) is 3.55. The molecule has 0 amide bonds. The van der Waals surface area contributed by atoms with Crippen LogP contribution < -0.4 is 9.44 Å². The van der Waals surface area contributed by atoms with Gasteiger partial charge in [0.15, 0.2) is 0 Å². The molecule has 0 saturated heterocycles. The van der Waals surface area contributed by atoms with Gasteiger partial charge in [0.05, 0.1) is 5.69 Å². The number of hydrogen-bond acceptors (Lipinski definition) is 2. The third-order valence-corrected chi connectivity index (χ3v) is 2.93. The smallest absolute Gasteiger partial charge is 0.256 e. The average molecular weight is 214 g/mol. The number of hydrogen-bond donors (Lipinski definition) is 1. The van der Waals surface area contributed by atoms with Crippen molar-refractivity contribution in [3.8, 4) is 0 Å². The van der Waals surface area contributed by atoms with E-state index in [-0.39, 0.29) is 6.04 Å². The molecule has 0 unspecified atom stereocenters. The van der Waals surface area contributed by atoms with E-state index in [0.717, 1.165) is 0 Å². The monoisotopic (exact) mass is 214 g/mol. The molecule has 1 rings (SSSR count). The fraction of sp³-hybridized carbons (Fsp3) is 0.333. The first kappa shape index (κ1) is 11.0. The highest BCUT2D eigenvalue weighted by atomic mass is 32.2. The molecule has 78 valence electrons. The van der Waals surface area contributed by atoms with E-state index in [2.05, 4.69) is 0 Å². The van der Waals surface area contributed by atoms with Gasteiger partial charge in [-0.3, -0.25) is 4.31 Å². The van der Waals surface area contributed by atoms with Crippen LogP contribution in [0.15, 0.2) is 30.3 Å². The summed E-state index contributed by atoms with van der Waals surface area (Å²) in [5.41, 5.74) is 0.588. The highest BCUT2D eigenvalue weighted by Crippen LogP contribution is 2.18. The number of nitrogens with two attached hydrogens (primary N) is 1. The van der Waals surface area contributed by atoms with E-state index in [9.17, 15) is 8.42 Å². The van der Waals surface area contributed by atoms with Crippen molar-refractivity contribution in [2.24, 2.45) is 5.14 Å². The van der Waals surface area contributed by atoms with E-state index in [1.807, 2.05) is 6.07 Å². The van der Waals surface area contributed by atoms with E-state index < -0.39 is 10.2 Å². The summed E-state index contributed by atoms with van der Waals surface area (Å²) in [7, 11) is -3.68. The number of para-hydroxylation sites is 1. The van der Waals surface area contributed by atoms with Crippen LogP contribution in [0, 0.1) is 0 Å². The molecule has 14 heavy (non-hydrogen) atoms. The van der Waals surface area contributed by atoms with Gasteiger partial charge in [0.1, 0.15) is 0 Å². The Morgan fingerprint density at radius 2 is 1.71 bits per heavy atom. The van der Waals surface area contributed by atoms with Gasteiger partial charge >= 0.3 is 0 Å². The molecular weight excluding hydrogens is 200 g/mol. The quantitative estimate of drug-likeness (QED) is 0.819. The number of anilines is 1. The molecule has 2 N–H and O–H groups in total. The minimum absolute atomic E-state index is 0.188. The van der Waals surface area contributed by atoms with Crippen LogP contribution in [0.4, 0.5) is 5.69 Å². The van der Waals surface area contributed by atoms with Gasteiger partial charge in [-0.1, -0.05) is 18.2 Å². The zero-order chi connectivity index (χ0) is 10.8. The van der Waals surface area contributed by atoms with Crippen LogP contribution in [0.2, 0.25) is 0 Å². The Morgan fingerprint density at radius 3 is 2.07 bits per heavy atom. The van der Waals surface area contributed by atoms with Crippen molar-refractivity contribution in [1.82, 2.24) is 0 Å². The van der Waals surface area contributed by atoms with Gasteiger partial charge in [-0.25, -0.2) is 5.14 Å². The SMILES string of the molecule is CC(C)N(c1ccccc1)S(N)(=O)=O. The largest absolute Gasteiger partial charge is 0.299 e. The molecule has 5 heteroatoms. The highest BCUT2D eigenvalue weighted by molar-refractivity contribution is 7.90. The lowest BCUT2D eigenvalue weighted by atomic mass is 10.3. The normalized spacial score (nSPS) is 11.7. The number of benzene rings is 1. The van der Waals surface area contributed by atoms with Crippen molar-refractivity contribution < 1.29 is 8.42 Å². The summed E-state index contributed by atoms with van der Waals surface area (Å²) in [5.74, 6) is 0. The lowest BCUT2D eigenvalue weighted by molar-refractivity contribution is 0.586. The van der Waals surface area contributed by atoms with Crippen LogP contribution in [-0.2, 0) is 10.2 Å². The Labute approximate surface area is 84.5 Å². The molecule has 0 aliphatic heterocycles. The second-order valence-electron chi connectivity index (χ2n) is 3.27. The van der Waals surface area contributed by atoms with Gasteiger partial charge in [0.25, 0.3) is 10.2 Å². The van der Waals surface area contributed by atoms with Crippen LogP contribution in [-0.4, -0.2) is 14.5 Å². The molecule has 0 spiro atoms. The maximum atomic E-state index is 11.3. The van der Waals surface area contributed by atoms with E-state index in [1.54, 1.807) is 38.1 Å². The van der Waals surface area contributed by atoms with Crippen molar-refractivity contribution in [2.75, 3.05) is 4.31 Å². The van der Waals surface area contributed by atoms with Gasteiger partial charge in [-0.05, 0) is 26.0 Å². The predicted octanol–water partition coefficient (Wildman–Crippen LogP) is 1.10. The minimum Gasteiger partial charge on any atom is -0.256 e. The number of nitrogens with zero attached hydrogens (tertiary/aromatic N) is 1. The summed E-state index contributed by atoms with van der Waals surface area (Å²) < 4.78 is 23.7. The van der Waals surface area contributed by atoms with Crippen LogP contribution in [0.3, 0.4) is 0 Å². The molecule has 0 saturated carbocycles. The Bertz CT molecular complexity index is 387. The van der Waals surface area contributed by atoms with E-state index in [0.29, 0.717) is 5.69 Å². The van der Waals surface area contributed by atoms with Crippen molar-refractivity contribution in [2.45, 2.75) is 19.9 Å². The van der Waals surface area contributed by atoms with Crippen LogP contribution in [0.5, 0.6) is 0 Å². The Balaban J connectivity index is 3.15. The maximum Gasteiger partial charge on any atom is 0.299 e. The first-order valence-corrected chi connectivity index (χ1v) is 5.80. The van der Waals surface area contributed by atoms with Crippen molar-refractivity contribution in [3.63, 3.8) is 0 Å². The third-order valence-electron chi connectivity index (χ3n) is 1.75. The fourth-order valence-corrected chi connectivity index (χ4v) is 2.32. The second kappa shape index (κ2) is 3.98. The first-order valence-electron chi connectivity index (χ1n) is 4.30. The molecule has 0 radical (unpaired) electrons. The molecule has 0 atom stereocenters. The summed E-state index contributed by atoms with van der Waals surface area (Å²) in [4.78, 5) is 0. The standard InChI is InChI=1S/C9H14N2O2S/c1-8(2)11(14(10,12)13)9-6-4-3-5-7-9/h3-8H,1-2H3,(H2,10,12,13). The lowest BCUT2D eigenvalue weighted by Crippen LogP contribution is -2.41. The van der Waals surface area contributed by atoms with Gasteiger partial charge in [-0.2, -0.15) is 8.42 Å². The van der Waals surface area contributed by atoms with Crippen molar-refractivity contribution in [1.29, 1.82) is 0 Å². The van der Waals surface area contributed by atoms with E-state index >= 15 is 0 Å². The molecular formula is C9H14N2O2S. The summed E-state index contributed by atoms with van der Waals surface area (Å²) in [6.07, 6.45) is 0. The van der Waals surface area contributed by atoms with E-state index in [1.165, 1.54) is 4.31 Å². The fourth-order valence-electron chi connectivity index (χ4n) is 1.31. The third kappa shape index (κ3) is 2.46. The Kier molecular flexibility index (Phi) is 3.13. The van der Waals surface area contributed by atoms with Gasteiger partial charge in [0, 0.05) is 6.04 Å². The van der Waals surface area contributed by atoms with Crippen LogP contribution in [0.1, 0.15) is 13.8 Å². The van der Waals surface area contributed by atoms with Crippen LogP contribution >= 0.6 is 0 Å². The maximum absolute atomic E-state index is 11.3. The second-order valence-corrected chi connectivity index (χ2v) is 4.69. The molecule has 0 aliphatic rings. The topological polar surface area (TPSA) is 63.4 Å². The predicted molar refractivity (Wildman–Crippen MR) is 57.2 cm³/mol. The Morgan fingerprint density at radius 1 is 1.21 bits per heavy atom. The molecule has 0 fully saturated rings. The summed E-state index contributed by atoms with van der Waals surface area (Å²) in [6, 6.07) is 8.61. The van der Waals surface area contributed by atoms with Crippen LogP contribution in [0.25, 0.3) is 0 Å². The molecule has 4 nitrogen and oxygen atoms in total.